The largest absolute Gasteiger partial charge is 0.498 e. The number of fused-ring (bicyclic) bond motifs is 5. The van der Waals surface area contributed by atoms with Gasteiger partial charge in [0, 0.05) is 43.3 Å². The van der Waals surface area contributed by atoms with E-state index in [0.717, 1.165) is 43.7 Å². The summed E-state index contributed by atoms with van der Waals surface area (Å²) in [7, 11) is 0. The summed E-state index contributed by atoms with van der Waals surface area (Å²) in [6, 6.07) is 23.5. The summed E-state index contributed by atoms with van der Waals surface area (Å²) < 4.78 is 39.1. The Morgan fingerprint density at radius 3 is 2.36 bits per heavy atom. The van der Waals surface area contributed by atoms with Gasteiger partial charge in [0.25, 0.3) is 0 Å². The van der Waals surface area contributed by atoms with Gasteiger partial charge < -0.3 is 14.4 Å². The zero-order valence-electron chi connectivity index (χ0n) is 30.5. The fraction of sp³-hybridized carbons (Fsp3) is 0.256. The first kappa shape index (κ1) is 27.6. The quantitative estimate of drug-likeness (QED) is 0.167. The van der Waals surface area contributed by atoms with Crippen molar-refractivity contribution >= 4 is 43.5 Å². The molecule has 0 aliphatic carbocycles. The second-order valence-electron chi connectivity index (χ2n) is 13.3. The molecule has 0 saturated carbocycles. The molecule has 0 unspecified atom stereocenters. The molecule has 6 heteroatoms. The van der Waals surface area contributed by atoms with Crippen molar-refractivity contribution in [2.75, 3.05) is 0 Å². The van der Waals surface area contributed by atoms with Crippen molar-refractivity contribution in [3.8, 4) is 22.5 Å². The molecule has 231 valence electrons. The number of hydrogen-bond acceptors (Lipinski definition) is 5. The third-order valence-electron chi connectivity index (χ3n) is 7.11. The van der Waals surface area contributed by atoms with Gasteiger partial charge in [-0.25, -0.2) is 4.98 Å². The van der Waals surface area contributed by atoms with Crippen LogP contribution in [0.2, 0.25) is 0 Å². The van der Waals surface area contributed by atoms with Gasteiger partial charge >= 0.3 is 0 Å². The molecule has 3 aromatic carbocycles. The Balaban J connectivity index is 0.000000212. The molecule has 4 nitrogen and oxygen atoms in total. The Hall–Kier alpha value is -3.70. The van der Waals surface area contributed by atoms with E-state index in [-0.39, 0.29) is 55.5 Å². The van der Waals surface area contributed by atoms with Crippen LogP contribution in [-0.4, -0.2) is 15.0 Å². The molecule has 45 heavy (non-hydrogen) atoms. The van der Waals surface area contributed by atoms with Crippen LogP contribution < -0.4 is 0 Å². The van der Waals surface area contributed by atoms with Crippen LogP contribution in [-0.2, 0) is 31.9 Å². The molecule has 0 saturated heterocycles. The molecule has 7 aromatic rings. The van der Waals surface area contributed by atoms with E-state index in [9.17, 15) is 0 Å². The minimum atomic E-state index is -0.362. The van der Waals surface area contributed by atoms with Crippen molar-refractivity contribution in [1.29, 1.82) is 0 Å². The molecule has 0 aliphatic heterocycles. The molecule has 0 spiro atoms. The van der Waals surface area contributed by atoms with E-state index in [4.69, 9.17) is 14.9 Å². The van der Waals surface area contributed by atoms with Gasteiger partial charge in [0.05, 0.1) is 20.8 Å². The van der Waals surface area contributed by atoms with Crippen molar-refractivity contribution in [2.24, 2.45) is 5.41 Å². The average molecular weight is 792 g/mol. The molecule has 1 radical (unpaired) electrons. The number of nitrogens with zero attached hydrogens (tertiary/aromatic N) is 3. The first-order valence-corrected chi connectivity index (χ1v) is 15.5. The Morgan fingerprint density at radius 1 is 0.867 bits per heavy atom. The van der Waals surface area contributed by atoms with Crippen LogP contribution in [0.25, 0.3) is 54.7 Å². The van der Waals surface area contributed by atoms with Gasteiger partial charge in [-0.2, -0.15) is 0 Å². The maximum Gasteiger partial charge on any atom is 0.148 e. The number of rotatable bonds is 3. The predicted octanol–water partition coefficient (Wildman–Crippen LogP) is 10.8. The van der Waals surface area contributed by atoms with E-state index in [1.807, 2.05) is 30.5 Å². The molecule has 0 bridgehead atoms. The maximum absolute atomic E-state index is 8.26. The minimum Gasteiger partial charge on any atom is -0.498 e. The average Bonchev–Trinajstić information content (AvgIpc) is 3.65. The summed E-state index contributed by atoms with van der Waals surface area (Å²) >= 11 is 1.65. The smallest absolute Gasteiger partial charge is 0.148 e. The molecule has 0 fully saturated rings. The molecule has 0 amide bonds. The van der Waals surface area contributed by atoms with Gasteiger partial charge in [-0.05, 0) is 40.9 Å². The number of hydrogen-bond donors (Lipinski definition) is 0. The SMILES string of the molecule is Cc1c[c-]c(-c2ccc(CC(C)(C)C)cn2)cc1.[2H]c1nc(-c2[c-]ccc3c2oc2c3ccc3sc(C(C)(C)C)nc32)c([2H])c([2H])c1[2H].[Ir]. The zero-order chi connectivity index (χ0) is 34.5. The molecule has 0 N–H and O–H groups in total. The molecule has 0 atom stereocenters. The third-order valence-corrected chi connectivity index (χ3v) is 8.55. The van der Waals surface area contributed by atoms with E-state index >= 15 is 0 Å². The van der Waals surface area contributed by atoms with Crippen LogP contribution in [0.5, 0.6) is 0 Å². The second kappa shape index (κ2) is 13.0. The van der Waals surface area contributed by atoms with Crippen LogP contribution in [0.15, 0.2) is 89.5 Å². The van der Waals surface area contributed by atoms with Gasteiger partial charge in [-0.15, -0.1) is 64.9 Å². The molecular weight excluding hydrogens is 751 g/mol. The van der Waals surface area contributed by atoms with Gasteiger partial charge in [-0.3, -0.25) is 0 Å². The van der Waals surface area contributed by atoms with Gasteiger partial charge in [0.15, 0.2) is 0 Å². The summed E-state index contributed by atoms with van der Waals surface area (Å²) in [5.41, 5.74) is 7.28. The molecule has 4 aromatic heterocycles. The van der Waals surface area contributed by atoms with E-state index in [0.29, 0.717) is 22.1 Å². The Morgan fingerprint density at radius 2 is 1.67 bits per heavy atom. The standard InChI is InChI=1S/C22H17N2OS.C17H20N.Ir/c1-22(2,3)21-24-18-17(26-21)11-10-14-13-7-6-8-15(19(13)25-20(14)18)16-9-4-5-12-23-16;1-13-5-8-15(9-6-13)16-10-7-14(12-18-16)11-17(2,3)4;/h4-7,9-12H,1-3H3;5-8,10,12H,11H2,1-4H3;/q2*-1;/i4D,5D,9D,12D;;. The number of thiazole rings is 1. The Bertz CT molecular complexity index is 2280. The number of aromatic nitrogens is 3. The summed E-state index contributed by atoms with van der Waals surface area (Å²) in [5, 5.41) is 2.76. The first-order chi connectivity index (χ1) is 22.6. The van der Waals surface area contributed by atoms with Crippen LogP contribution in [0.1, 0.15) is 63.2 Å². The van der Waals surface area contributed by atoms with Crippen LogP contribution in [0, 0.1) is 24.5 Å². The maximum atomic E-state index is 8.26. The van der Waals surface area contributed by atoms with Gasteiger partial charge in [-0.1, -0.05) is 89.7 Å². The van der Waals surface area contributed by atoms with E-state index < -0.39 is 0 Å². The van der Waals surface area contributed by atoms with Crippen molar-refractivity contribution in [1.82, 2.24) is 15.0 Å². The number of pyridine rings is 2. The van der Waals surface area contributed by atoms with Crippen molar-refractivity contribution < 1.29 is 30.0 Å². The number of benzene rings is 3. The summed E-state index contributed by atoms with van der Waals surface area (Å²) in [4.78, 5) is 13.5. The van der Waals surface area contributed by atoms with Gasteiger partial charge in [0.1, 0.15) is 11.1 Å². The van der Waals surface area contributed by atoms with Crippen molar-refractivity contribution in [2.45, 2.75) is 60.3 Å². The van der Waals surface area contributed by atoms with Crippen molar-refractivity contribution in [3.63, 3.8) is 0 Å². The fourth-order valence-electron chi connectivity index (χ4n) is 5.00. The minimum absolute atomic E-state index is 0. The summed E-state index contributed by atoms with van der Waals surface area (Å²) in [5.74, 6) is 0. The normalized spacial score (nSPS) is 13.0. The zero-order valence-corrected chi connectivity index (χ0v) is 29.7. The third kappa shape index (κ3) is 7.25. The predicted molar refractivity (Wildman–Crippen MR) is 184 cm³/mol. The van der Waals surface area contributed by atoms with Crippen molar-refractivity contribution in [3.05, 3.63) is 113 Å². The van der Waals surface area contributed by atoms with E-state index in [1.165, 1.54) is 11.1 Å². The Kier molecular flexibility index (Phi) is 7.95. The second-order valence-corrected chi connectivity index (χ2v) is 14.3. The van der Waals surface area contributed by atoms with E-state index in [2.05, 4.69) is 94.8 Å². The van der Waals surface area contributed by atoms with E-state index in [1.54, 1.807) is 17.4 Å². The Labute approximate surface area is 288 Å². The first-order valence-electron chi connectivity index (χ1n) is 16.7. The molecule has 7 rings (SSSR count). The van der Waals surface area contributed by atoms with Crippen LogP contribution in [0.4, 0.5) is 0 Å². The van der Waals surface area contributed by atoms with Crippen LogP contribution in [0.3, 0.4) is 0 Å². The fourth-order valence-corrected chi connectivity index (χ4v) is 6.02. The molecule has 0 aliphatic rings. The number of aryl methyl sites for hydroxylation is 1. The number of furan rings is 1. The monoisotopic (exact) mass is 792 g/mol. The van der Waals surface area contributed by atoms with Gasteiger partial charge in [0.2, 0.25) is 0 Å². The summed E-state index contributed by atoms with van der Waals surface area (Å²) in [6.07, 6.45) is 2.69. The van der Waals surface area contributed by atoms with Crippen LogP contribution >= 0.6 is 11.3 Å². The topological polar surface area (TPSA) is 51.8 Å². The molecular formula is C39H37IrN3OS-2. The summed E-state index contributed by atoms with van der Waals surface area (Å²) in [6.45, 7) is 15.2. The molecule has 4 heterocycles.